The van der Waals surface area contributed by atoms with E-state index in [0.717, 1.165) is 22.5 Å². The van der Waals surface area contributed by atoms with Gasteiger partial charge < -0.3 is 10.6 Å². The summed E-state index contributed by atoms with van der Waals surface area (Å²) < 4.78 is 0. The Balaban J connectivity index is 1.69. The fourth-order valence-corrected chi connectivity index (χ4v) is 4.95. The number of hydrogen-bond donors (Lipinski definition) is 2. The third kappa shape index (κ3) is 4.09. The van der Waals surface area contributed by atoms with Gasteiger partial charge in [0, 0.05) is 22.5 Å². The summed E-state index contributed by atoms with van der Waals surface area (Å²) in [7, 11) is 0. The number of hydrogen-bond acceptors (Lipinski definition) is 4. The number of rotatable bonds is 6. The van der Waals surface area contributed by atoms with Gasteiger partial charge in [0.1, 0.15) is 0 Å². The van der Waals surface area contributed by atoms with Crippen molar-refractivity contribution in [3.8, 4) is 0 Å². The molecule has 0 amide bonds. The molecule has 0 saturated carbocycles. The molecule has 4 aromatic carbocycles. The largest absolute Gasteiger partial charge is 0.355 e. The lowest BCUT2D eigenvalue weighted by Crippen LogP contribution is -2.23. The predicted molar refractivity (Wildman–Crippen MR) is 147 cm³/mol. The minimum atomic E-state index is -0.148. The van der Waals surface area contributed by atoms with Crippen molar-refractivity contribution in [2.75, 3.05) is 10.6 Å². The quantitative estimate of drug-likeness (QED) is 0.260. The SMILES string of the molecule is CC(C)c1ccccc1Nc1ccc(Nc2ccccc2C(C)C)c2c1C(=O)c1ccccc1C2=O. The predicted octanol–water partition coefficient (Wildman–Crippen LogP) is 8.20. The minimum Gasteiger partial charge on any atom is -0.355 e. The Hall–Kier alpha value is -4.18. The van der Waals surface area contributed by atoms with E-state index in [2.05, 4.69) is 50.5 Å². The molecule has 0 spiro atoms. The molecular formula is C32H30N2O2. The Labute approximate surface area is 212 Å². The molecule has 2 N–H and O–H groups in total. The van der Waals surface area contributed by atoms with E-state index in [0.29, 0.717) is 45.5 Å². The first kappa shape index (κ1) is 23.6. The second-order valence-corrected chi connectivity index (χ2v) is 9.85. The number of fused-ring (bicyclic) bond motifs is 2. The molecule has 0 unspecified atom stereocenters. The molecular weight excluding hydrogens is 444 g/mol. The zero-order valence-electron chi connectivity index (χ0n) is 21.1. The van der Waals surface area contributed by atoms with Crippen molar-refractivity contribution < 1.29 is 9.59 Å². The van der Waals surface area contributed by atoms with Gasteiger partial charge in [-0.15, -0.1) is 0 Å². The number of benzene rings is 4. The highest BCUT2D eigenvalue weighted by molar-refractivity contribution is 6.32. The Morgan fingerprint density at radius 2 is 0.833 bits per heavy atom. The summed E-state index contributed by atoms with van der Waals surface area (Å²) in [6, 6.07) is 27.0. The van der Waals surface area contributed by atoms with Crippen LogP contribution in [-0.4, -0.2) is 11.6 Å². The van der Waals surface area contributed by atoms with E-state index in [1.165, 1.54) is 0 Å². The molecule has 180 valence electrons. The molecule has 4 heteroatoms. The number of carbonyl (C=O) groups excluding carboxylic acids is 2. The van der Waals surface area contributed by atoms with Crippen LogP contribution in [0.4, 0.5) is 22.7 Å². The Morgan fingerprint density at radius 1 is 0.472 bits per heavy atom. The lowest BCUT2D eigenvalue weighted by molar-refractivity contribution is 0.0980. The van der Waals surface area contributed by atoms with Crippen LogP contribution in [0.5, 0.6) is 0 Å². The number of para-hydroxylation sites is 2. The molecule has 1 aliphatic carbocycles. The van der Waals surface area contributed by atoms with Crippen molar-refractivity contribution in [3.05, 3.63) is 118 Å². The van der Waals surface area contributed by atoms with E-state index in [4.69, 9.17) is 0 Å². The van der Waals surface area contributed by atoms with Crippen LogP contribution in [0, 0.1) is 0 Å². The zero-order chi connectivity index (χ0) is 25.4. The maximum atomic E-state index is 13.8. The molecule has 0 atom stereocenters. The summed E-state index contributed by atoms with van der Waals surface area (Å²) in [5.74, 6) is 0.308. The van der Waals surface area contributed by atoms with Gasteiger partial charge >= 0.3 is 0 Å². The monoisotopic (exact) mass is 474 g/mol. The highest BCUT2D eigenvalue weighted by atomic mass is 16.1. The van der Waals surface area contributed by atoms with Gasteiger partial charge in [-0.25, -0.2) is 0 Å². The summed E-state index contributed by atoms with van der Waals surface area (Å²) in [6.07, 6.45) is 0. The zero-order valence-corrected chi connectivity index (χ0v) is 21.1. The van der Waals surface area contributed by atoms with E-state index in [1.807, 2.05) is 48.5 Å². The normalized spacial score (nSPS) is 12.5. The van der Waals surface area contributed by atoms with Crippen molar-refractivity contribution in [2.24, 2.45) is 0 Å². The van der Waals surface area contributed by atoms with E-state index in [9.17, 15) is 9.59 Å². The highest BCUT2D eigenvalue weighted by Gasteiger charge is 2.34. The van der Waals surface area contributed by atoms with Crippen LogP contribution in [0.15, 0.2) is 84.9 Å². The van der Waals surface area contributed by atoms with Crippen LogP contribution in [0.1, 0.15) is 82.5 Å². The third-order valence-electron chi connectivity index (χ3n) is 6.78. The molecule has 0 aromatic heterocycles. The first-order valence-corrected chi connectivity index (χ1v) is 12.4. The fourth-order valence-electron chi connectivity index (χ4n) is 4.95. The maximum absolute atomic E-state index is 13.8. The van der Waals surface area contributed by atoms with E-state index < -0.39 is 0 Å². The molecule has 1 aliphatic rings. The topological polar surface area (TPSA) is 58.2 Å². The first-order valence-electron chi connectivity index (χ1n) is 12.4. The third-order valence-corrected chi connectivity index (χ3v) is 6.78. The molecule has 0 bridgehead atoms. The molecule has 5 rings (SSSR count). The average Bonchev–Trinajstić information content (AvgIpc) is 2.88. The van der Waals surface area contributed by atoms with Gasteiger partial charge in [0.15, 0.2) is 11.6 Å². The van der Waals surface area contributed by atoms with Crippen molar-refractivity contribution >= 4 is 34.3 Å². The second-order valence-electron chi connectivity index (χ2n) is 9.85. The van der Waals surface area contributed by atoms with Gasteiger partial charge in [0.05, 0.1) is 22.5 Å². The first-order chi connectivity index (χ1) is 17.4. The van der Waals surface area contributed by atoms with E-state index >= 15 is 0 Å². The van der Waals surface area contributed by atoms with Crippen molar-refractivity contribution in [1.29, 1.82) is 0 Å². The summed E-state index contributed by atoms with van der Waals surface area (Å²) in [5.41, 5.74) is 7.11. The molecule has 4 aromatic rings. The highest BCUT2D eigenvalue weighted by Crippen LogP contribution is 2.40. The van der Waals surface area contributed by atoms with Crippen molar-refractivity contribution in [2.45, 2.75) is 39.5 Å². The maximum Gasteiger partial charge on any atom is 0.196 e. The standard InChI is InChI=1S/C32H30N2O2/c1-19(2)21-11-7-9-15-25(21)33-27-17-18-28(34-26-16-10-8-12-22(26)20(3)4)30-29(27)31(35)23-13-5-6-14-24(23)32(30)36/h5-20,33-34H,1-4H3. The van der Waals surface area contributed by atoms with Gasteiger partial charge in [-0.2, -0.15) is 0 Å². The number of ketones is 2. The van der Waals surface area contributed by atoms with Crippen LogP contribution in [-0.2, 0) is 0 Å². The molecule has 0 fully saturated rings. The summed E-state index contributed by atoms with van der Waals surface area (Å²) >= 11 is 0. The van der Waals surface area contributed by atoms with Gasteiger partial charge in [-0.3, -0.25) is 9.59 Å². The fraction of sp³-hybridized carbons (Fsp3) is 0.188. The lowest BCUT2D eigenvalue weighted by atomic mass is 9.82. The van der Waals surface area contributed by atoms with E-state index in [1.54, 1.807) is 24.3 Å². The van der Waals surface area contributed by atoms with Crippen molar-refractivity contribution in [1.82, 2.24) is 0 Å². The molecule has 0 aliphatic heterocycles. The molecule has 4 nitrogen and oxygen atoms in total. The molecule has 0 heterocycles. The summed E-state index contributed by atoms with van der Waals surface area (Å²) in [4.78, 5) is 27.7. The van der Waals surface area contributed by atoms with E-state index in [-0.39, 0.29) is 11.6 Å². The number of carbonyl (C=O) groups is 2. The smallest absolute Gasteiger partial charge is 0.196 e. The number of anilines is 4. The van der Waals surface area contributed by atoms with Crippen LogP contribution in [0.2, 0.25) is 0 Å². The Kier molecular flexibility index (Phi) is 6.19. The van der Waals surface area contributed by atoms with Crippen LogP contribution >= 0.6 is 0 Å². The average molecular weight is 475 g/mol. The van der Waals surface area contributed by atoms with Gasteiger partial charge in [-0.05, 0) is 47.2 Å². The van der Waals surface area contributed by atoms with Gasteiger partial charge in [0.25, 0.3) is 0 Å². The van der Waals surface area contributed by atoms with Crippen LogP contribution in [0.25, 0.3) is 0 Å². The van der Waals surface area contributed by atoms with Crippen molar-refractivity contribution in [3.63, 3.8) is 0 Å². The molecule has 0 saturated heterocycles. The molecule has 36 heavy (non-hydrogen) atoms. The lowest BCUT2D eigenvalue weighted by Gasteiger charge is -2.25. The summed E-state index contributed by atoms with van der Waals surface area (Å²) in [6.45, 7) is 8.56. The van der Waals surface area contributed by atoms with Gasteiger partial charge in [0.2, 0.25) is 0 Å². The van der Waals surface area contributed by atoms with Gasteiger partial charge in [-0.1, -0.05) is 88.4 Å². The Bertz CT molecular complexity index is 1370. The Morgan fingerprint density at radius 3 is 1.22 bits per heavy atom. The minimum absolute atomic E-state index is 0.148. The van der Waals surface area contributed by atoms with Crippen LogP contribution < -0.4 is 10.6 Å². The molecule has 0 radical (unpaired) electrons. The van der Waals surface area contributed by atoms with Crippen LogP contribution in [0.3, 0.4) is 0 Å². The summed E-state index contributed by atoms with van der Waals surface area (Å²) in [5, 5.41) is 6.97. The number of nitrogens with one attached hydrogen (secondary N) is 2. The second kappa shape index (κ2) is 9.46.